The van der Waals surface area contributed by atoms with Crippen LogP contribution >= 0.6 is 0 Å². The van der Waals surface area contributed by atoms with Crippen molar-refractivity contribution in [1.82, 2.24) is 5.16 Å². The first-order valence-electron chi connectivity index (χ1n) is 6.48. The van der Waals surface area contributed by atoms with Crippen LogP contribution in [0.5, 0.6) is 0 Å². The van der Waals surface area contributed by atoms with Crippen molar-refractivity contribution in [3.63, 3.8) is 0 Å². The maximum Gasteiger partial charge on any atom is 0.374 e. The summed E-state index contributed by atoms with van der Waals surface area (Å²) < 4.78 is 23.6. The molecule has 0 bridgehead atoms. The van der Waals surface area contributed by atoms with Crippen molar-refractivity contribution in [1.29, 1.82) is 0 Å². The summed E-state index contributed by atoms with van der Waals surface area (Å²) in [7, 11) is 0. The third-order valence-electron chi connectivity index (χ3n) is 3.31. The van der Waals surface area contributed by atoms with Gasteiger partial charge in [-0.05, 0) is 18.2 Å². The molecule has 1 aliphatic rings. The minimum Gasteiger partial charge on any atom is -0.475 e. The molecule has 0 aliphatic carbocycles. The zero-order valence-corrected chi connectivity index (χ0v) is 11.1. The number of aromatic carboxylic acids is 1. The number of carboxylic acid groups (broad SMARTS) is 1. The predicted molar refractivity (Wildman–Crippen MR) is 71.9 cm³/mol. The van der Waals surface area contributed by atoms with Gasteiger partial charge in [0.05, 0.1) is 13.2 Å². The van der Waals surface area contributed by atoms with E-state index in [1.54, 1.807) is 6.07 Å². The zero-order valence-electron chi connectivity index (χ0n) is 11.1. The molecule has 3 rings (SSSR count). The first-order valence-corrected chi connectivity index (χ1v) is 6.48. The Balaban J connectivity index is 2.02. The van der Waals surface area contributed by atoms with E-state index < -0.39 is 11.8 Å². The maximum atomic E-state index is 13.5. The van der Waals surface area contributed by atoms with Crippen molar-refractivity contribution in [2.45, 2.75) is 0 Å². The Morgan fingerprint density at radius 1 is 1.29 bits per heavy atom. The van der Waals surface area contributed by atoms with Crippen LogP contribution in [0.15, 0.2) is 28.8 Å². The molecule has 1 fully saturated rings. The van der Waals surface area contributed by atoms with E-state index in [0.717, 1.165) is 5.69 Å². The second-order valence-electron chi connectivity index (χ2n) is 4.64. The van der Waals surface area contributed by atoms with E-state index in [4.69, 9.17) is 14.4 Å². The summed E-state index contributed by atoms with van der Waals surface area (Å²) in [6.45, 7) is 2.55. The van der Waals surface area contributed by atoms with E-state index in [0.29, 0.717) is 37.6 Å². The highest BCUT2D eigenvalue weighted by atomic mass is 19.1. The Labute approximate surface area is 119 Å². The number of aromatic nitrogens is 1. The summed E-state index contributed by atoms with van der Waals surface area (Å²) in [5, 5.41) is 12.6. The lowest BCUT2D eigenvalue weighted by molar-refractivity contribution is 0.0652. The fourth-order valence-electron chi connectivity index (χ4n) is 2.30. The van der Waals surface area contributed by atoms with E-state index in [2.05, 4.69) is 5.16 Å². The van der Waals surface area contributed by atoms with Crippen molar-refractivity contribution in [2.24, 2.45) is 0 Å². The number of hydrogen-bond acceptors (Lipinski definition) is 5. The van der Waals surface area contributed by atoms with E-state index in [9.17, 15) is 9.18 Å². The van der Waals surface area contributed by atoms with Crippen LogP contribution in [-0.4, -0.2) is 42.5 Å². The summed E-state index contributed by atoms with van der Waals surface area (Å²) in [6, 6.07) is 5.65. The third-order valence-corrected chi connectivity index (χ3v) is 3.31. The molecular weight excluding hydrogens is 279 g/mol. The molecule has 6 nitrogen and oxygen atoms in total. The van der Waals surface area contributed by atoms with Crippen LogP contribution in [0.25, 0.3) is 11.3 Å². The summed E-state index contributed by atoms with van der Waals surface area (Å²) >= 11 is 0. The van der Waals surface area contributed by atoms with Crippen molar-refractivity contribution in [3.05, 3.63) is 35.8 Å². The molecule has 2 aromatic rings. The Morgan fingerprint density at radius 3 is 2.71 bits per heavy atom. The van der Waals surface area contributed by atoms with E-state index >= 15 is 0 Å². The average molecular weight is 292 g/mol. The first-order chi connectivity index (χ1) is 10.1. The molecule has 7 heteroatoms. The molecule has 21 heavy (non-hydrogen) atoms. The fourth-order valence-corrected chi connectivity index (χ4v) is 2.30. The van der Waals surface area contributed by atoms with E-state index in [1.165, 1.54) is 18.2 Å². The second-order valence-corrected chi connectivity index (χ2v) is 4.64. The zero-order chi connectivity index (χ0) is 14.8. The van der Waals surface area contributed by atoms with Gasteiger partial charge in [0.2, 0.25) is 5.76 Å². The Morgan fingerprint density at radius 2 is 2.05 bits per heavy atom. The maximum absolute atomic E-state index is 13.5. The molecule has 2 heterocycles. The number of rotatable bonds is 3. The standard InChI is InChI=1S/C14H13FN2O4/c15-9-1-2-12(17-3-5-20-6-4-17)10(7-9)11-8-13(14(18)19)21-16-11/h1-2,7-8H,3-6H2,(H,18,19). The van der Waals surface area contributed by atoms with Gasteiger partial charge in [-0.2, -0.15) is 0 Å². The van der Waals surface area contributed by atoms with Gasteiger partial charge in [0.25, 0.3) is 0 Å². The second kappa shape index (κ2) is 5.53. The van der Waals surface area contributed by atoms with Crippen LogP contribution in [0.2, 0.25) is 0 Å². The van der Waals surface area contributed by atoms with Crippen molar-refractivity contribution < 1.29 is 23.6 Å². The molecule has 1 saturated heterocycles. The molecule has 1 aromatic heterocycles. The summed E-state index contributed by atoms with van der Waals surface area (Å²) in [5.41, 5.74) is 1.59. The Kier molecular flexibility index (Phi) is 3.57. The number of benzene rings is 1. The monoisotopic (exact) mass is 292 g/mol. The van der Waals surface area contributed by atoms with Gasteiger partial charge >= 0.3 is 5.97 Å². The number of ether oxygens (including phenoxy) is 1. The molecule has 0 radical (unpaired) electrons. The van der Waals surface area contributed by atoms with Gasteiger partial charge in [0.1, 0.15) is 11.5 Å². The summed E-state index contributed by atoms with van der Waals surface area (Å²) in [5.74, 6) is -1.90. The van der Waals surface area contributed by atoms with Crippen molar-refractivity contribution >= 4 is 11.7 Å². The minimum absolute atomic E-state index is 0.276. The Bertz CT molecular complexity index is 665. The lowest BCUT2D eigenvalue weighted by atomic mass is 10.1. The predicted octanol–water partition coefficient (Wildman–Crippen LogP) is 2.02. The number of halogens is 1. The van der Waals surface area contributed by atoms with E-state index in [-0.39, 0.29) is 5.76 Å². The van der Waals surface area contributed by atoms with Crippen LogP contribution < -0.4 is 4.90 Å². The van der Waals surface area contributed by atoms with Crippen LogP contribution in [0, 0.1) is 5.82 Å². The van der Waals surface area contributed by atoms with Gasteiger partial charge in [0, 0.05) is 30.4 Å². The fraction of sp³-hybridized carbons (Fsp3) is 0.286. The molecule has 0 saturated carbocycles. The van der Waals surface area contributed by atoms with Crippen LogP contribution in [0.3, 0.4) is 0 Å². The topological polar surface area (TPSA) is 75.8 Å². The van der Waals surface area contributed by atoms with E-state index in [1.807, 2.05) is 4.90 Å². The molecule has 0 unspecified atom stereocenters. The molecule has 1 aromatic carbocycles. The highest BCUT2D eigenvalue weighted by Gasteiger charge is 2.20. The number of hydrogen-bond donors (Lipinski definition) is 1. The number of anilines is 1. The van der Waals surface area contributed by atoms with Gasteiger partial charge in [-0.1, -0.05) is 5.16 Å². The van der Waals surface area contributed by atoms with Crippen molar-refractivity contribution in [2.75, 3.05) is 31.2 Å². The van der Waals surface area contributed by atoms with Crippen LogP contribution in [0.1, 0.15) is 10.6 Å². The lowest BCUT2D eigenvalue weighted by Gasteiger charge is -2.30. The number of morpholine rings is 1. The lowest BCUT2D eigenvalue weighted by Crippen LogP contribution is -2.36. The third kappa shape index (κ3) is 2.73. The normalized spacial score (nSPS) is 15.2. The van der Waals surface area contributed by atoms with Gasteiger partial charge in [0.15, 0.2) is 0 Å². The average Bonchev–Trinajstić information content (AvgIpc) is 2.98. The number of carboxylic acids is 1. The van der Waals surface area contributed by atoms with Crippen molar-refractivity contribution in [3.8, 4) is 11.3 Å². The highest BCUT2D eigenvalue weighted by Crippen LogP contribution is 2.31. The van der Waals surface area contributed by atoms with Crippen LogP contribution in [-0.2, 0) is 4.74 Å². The molecule has 110 valence electrons. The largest absolute Gasteiger partial charge is 0.475 e. The van der Waals surface area contributed by atoms with Gasteiger partial charge in [-0.3, -0.25) is 0 Å². The first kappa shape index (κ1) is 13.6. The molecule has 1 N–H and O–H groups in total. The summed E-state index contributed by atoms with van der Waals surface area (Å²) in [4.78, 5) is 12.9. The molecule has 0 spiro atoms. The summed E-state index contributed by atoms with van der Waals surface area (Å²) in [6.07, 6.45) is 0. The smallest absolute Gasteiger partial charge is 0.374 e. The highest BCUT2D eigenvalue weighted by molar-refractivity contribution is 5.87. The molecular formula is C14H13FN2O4. The number of carbonyl (C=O) groups is 1. The van der Waals surface area contributed by atoms with Gasteiger partial charge < -0.3 is 19.3 Å². The molecule has 0 amide bonds. The Hall–Kier alpha value is -2.41. The molecule has 1 aliphatic heterocycles. The quantitative estimate of drug-likeness (QED) is 0.932. The SMILES string of the molecule is O=C(O)c1cc(-c2cc(F)ccc2N2CCOCC2)no1. The molecule has 0 atom stereocenters. The minimum atomic E-state index is -1.21. The number of nitrogens with zero attached hydrogens (tertiary/aromatic N) is 2. The van der Waals surface area contributed by atoms with Gasteiger partial charge in [-0.15, -0.1) is 0 Å². The van der Waals surface area contributed by atoms with Gasteiger partial charge in [-0.25, -0.2) is 9.18 Å². The van der Waals surface area contributed by atoms with Crippen LogP contribution in [0.4, 0.5) is 10.1 Å².